The summed E-state index contributed by atoms with van der Waals surface area (Å²) in [6.45, 7) is 3.60. The number of rotatable bonds is 3. The standard InChI is InChI=1S/C19H24N2OS/c1-3-10-21-11-5-4-6-17(21)19(22)20-16-9-12-23-18-8-7-14(2)13-15(16)18/h1,7-8,13,16-17H,4-6,9-12H2,2H3,(H,20,22)/t16-,17-/m0/s1. The molecule has 3 nitrogen and oxygen atoms in total. The Balaban J connectivity index is 1.73. The summed E-state index contributed by atoms with van der Waals surface area (Å²) in [6, 6.07) is 6.60. The highest BCUT2D eigenvalue weighted by Gasteiger charge is 2.31. The van der Waals surface area contributed by atoms with Crippen LogP contribution < -0.4 is 5.32 Å². The van der Waals surface area contributed by atoms with Gasteiger partial charge in [-0.2, -0.15) is 0 Å². The second-order valence-electron chi connectivity index (χ2n) is 6.43. The van der Waals surface area contributed by atoms with E-state index < -0.39 is 0 Å². The van der Waals surface area contributed by atoms with Crippen LogP contribution in [0, 0.1) is 19.3 Å². The number of hydrogen-bond donors (Lipinski definition) is 1. The predicted molar refractivity (Wildman–Crippen MR) is 95.4 cm³/mol. The van der Waals surface area contributed by atoms with Gasteiger partial charge in [0, 0.05) is 10.6 Å². The van der Waals surface area contributed by atoms with E-state index in [9.17, 15) is 4.79 Å². The molecule has 2 aliphatic rings. The maximum absolute atomic E-state index is 12.8. The van der Waals surface area contributed by atoms with E-state index in [4.69, 9.17) is 6.42 Å². The van der Waals surface area contributed by atoms with Crippen LogP contribution in [0.1, 0.15) is 42.9 Å². The van der Waals surface area contributed by atoms with Gasteiger partial charge in [0.05, 0.1) is 18.6 Å². The Morgan fingerprint density at radius 2 is 2.30 bits per heavy atom. The number of terminal acetylenes is 1. The van der Waals surface area contributed by atoms with Crippen LogP contribution >= 0.6 is 11.8 Å². The summed E-state index contributed by atoms with van der Waals surface area (Å²) in [5, 5.41) is 3.30. The van der Waals surface area contributed by atoms with Crippen molar-refractivity contribution in [1.29, 1.82) is 0 Å². The molecule has 4 heteroatoms. The molecule has 1 amide bonds. The summed E-state index contributed by atoms with van der Waals surface area (Å²) in [7, 11) is 0. The van der Waals surface area contributed by atoms with E-state index in [-0.39, 0.29) is 18.0 Å². The van der Waals surface area contributed by atoms with Crippen LogP contribution in [0.5, 0.6) is 0 Å². The second-order valence-corrected chi connectivity index (χ2v) is 7.56. The fraction of sp³-hybridized carbons (Fsp3) is 0.526. The molecule has 0 saturated carbocycles. The lowest BCUT2D eigenvalue weighted by Gasteiger charge is -2.35. The molecular weight excluding hydrogens is 304 g/mol. The molecule has 0 unspecified atom stereocenters. The summed E-state index contributed by atoms with van der Waals surface area (Å²) in [6.07, 6.45) is 9.61. The first-order valence-corrected chi connectivity index (χ1v) is 9.39. The smallest absolute Gasteiger partial charge is 0.237 e. The molecule has 2 aliphatic heterocycles. The van der Waals surface area contributed by atoms with E-state index in [1.54, 1.807) is 0 Å². The number of hydrogen-bond acceptors (Lipinski definition) is 3. The molecule has 1 aromatic carbocycles. The van der Waals surface area contributed by atoms with E-state index in [2.05, 4.69) is 41.3 Å². The van der Waals surface area contributed by atoms with Crippen molar-refractivity contribution in [3.63, 3.8) is 0 Å². The molecular formula is C19H24N2OS. The zero-order valence-corrected chi connectivity index (χ0v) is 14.5. The third kappa shape index (κ3) is 3.73. The quantitative estimate of drug-likeness (QED) is 0.865. The molecule has 2 heterocycles. The SMILES string of the molecule is C#CCN1CCCC[C@H]1C(=O)N[C@H]1CCSc2ccc(C)cc21. The van der Waals surface area contributed by atoms with Gasteiger partial charge < -0.3 is 5.32 Å². The lowest BCUT2D eigenvalue weighted by atomic mass is 9.98. The number of nitrogens with zero attached hydrogens (tertiary/aromatic N) is 1. The number of fused-ring (bicyclic) bond motifs is 1. The summed E-state index contributed by atoms with van der Waals surface area (Å²) < 4.78 is 0. The van der Waals surface area contributed by atoms with Crippen LogP contribution in [0.2, 0.25) is 0 Å². The van der Waals surface area contributed by atoms with Crippen molar-refractivity contribution in [1.82, 2.24) is 10.2 Å². The van der Waals surface area contributed by atoms with E-state index in [0.29, 0.717) is 6.54 Å². The van der Waals surface area contributed by atoms with Crippen molar-refractivity contribution in [3.05, 3.63) is 29.3 Å². The Kier molecular flexibility index (Phi) is 5.30. The summed E-state index contributed by atoms with van der Waals surface area (Å²) in [4.78, 5) is 16.3. The largest absolute Gasteiger partial charge is 0.348 e. The Labute approximate surface area is 143 Å². The van der Waals surface area contributed by atoms with Crippen LogP contribution in [0.25, 0.3) is 0 Å². The number of amides is 1. The van der Waals surface area contributed by atoms with Crippen molar-refractivity contribution >= 4 is 17.7 Å². The number of carbonyl (C=O) groups excluding carboxylic acids is 1. The maximum Gasteiger partial charge on any atom is 0.237 e. The Morgan fingerprint density at radius 3 is 3.13 bits per heavy atom. The van der Waals surface area contributed by atoms with Crippen LogP contribution in [0.15, 0.2) is 23.1 Å². The number of carbonyl (C=O) groups is 1. The van der Waals surface area contributed by atoms with Gasteiger partial charge in [0.2, 0.25) is 5.91 Å². The third-order valence-corrected chi connectivity index (χ3v) is 5.85. The number of nitrogens with one attached hydrogen (secondary N) is 1. The minimum absolute atomic E-state index is 0.0670. The maximum atomic E-state index is 12.8. The minimum Gasteiger partial charge on any atom is -0.348 e. The highest BCUT2D eigenvalue weighted by atomic mass is 32.2. The number of likely N-dealkylation sites (tertiary alicyclic amines) is 1. The molecule has 23 heavy (non-hydrogen) atoms. The topological polar surface area (TPSA) is 32.3 Å². The number of benzene rings is 1. The molecule has 0 bridgehead atoms. The van der Waals surface area contributed by atoms with Crippen molar-refractivity contribution < 1.29 is 4.79 Å². The van der Waals surface area contributed by atoms with Gasteiger partial charge in [0.1, 0.15) is 0 Å². The summed E-state index contributed by atoms with van der Waals surface area (Å²) >= 11 is 1.88. The first-order chi connectivity index (χ1) is 11.2. The molecule has 1 N–H and O–H groups in total. The van der Waals surface area contributed by atoms with Gasteiger partial charge in [-0.3, -0.25) is 9.69 Å². The number of thioether (sulfide) groups is 1. The minimum atomic E-state index is -0.0670. The second kappa shape index (κ2) is 7.42. The van der Waals surface area contributed by atoms with Gasteiger partial charge in [-0.05, 0) is 44.4 Å². The molecule has 1 aromatic rings. The van der Waals surface area contributed by atoms with Gasteiger partial charge in [-0.15, -0.1) is 18.2 Å². The Bertz CT molecular complexity index is 622. The van der Waals surface area contributed by atoms with Crippen molar-refractivity contribution in [3.8, 4) is 12.3 Å². The van der Waals surface area contributed by atoms with Gasteiger partial charge in [-0.25, -0.2) is 0 Å². The van der Waals surface area contributed by atoms with Gasteiger partial charge in [0.25, 0.3) is 0 Å². The Hall–Kier alpha value is -1.44. The molecule has 0 spiro atoms. The van der Waals surface area contributed by atoms with Crippen LogP contribution in [-0.4, -0.2) is 35.7 Å². The molecule has 0 aliphatic carbocycles. The van der Waals surface area contributed by atoms with E-state index in [0.717, 1.165) is 38.0 Å². The van der Waals surface area contributed by atoms with Gasteiger partial charge in [-0.1, -0.05) is 30.0 Å². The lowest BCUT2D eigenvalue weighted by molar-refractivity contribution is -0.128. The van der Waals surface area contributed by atoms with Crippen molar-refractivity contribution in [2.24, 2.45) is 0 Å². The van der Waals surface area contributed by atoms with Gasteiger partial charge in [0.15, 0.2) is 0 Å². The number of aryl methyl sites for hydroxylation is 1. The number of piperidine rings is 1. The molecule has 0 aromatic heterocycles. The summed E-state index contributed by atoms with van der Waals surface area (Å²) in [5.41, 5.74) is 2.52. The predicted octanol–water partition coefficient (Wildman–Crippen LogP) is 3.14. The monoisotopic (exact) mass is 328 g/mol. The van der Waals surface area contributed by atoms with E-state index >= 15 is 0 Å². The van der Waals surface area contributed by atoms with E-state index in [1.165, 1.54) is 16.0 Å². The zero-order chi connectivity index (χ0) is 16.2. The molecule has 2 atom stereocenters. The lowest BCUT2D eigenvalue weighted by Crippen LogP contribution is -2.50. The molecule has 3 rings (SSSR count). The molecule has 1 saturated heterocycles. The average Bonchev–Trinajstić information content (AvgIpc) is 2.56. The van der Waals surface area contributed by atoms with Crippen LogP contribution in [-0.2, 0) is 4.79 Å². The molecule has 0 radical (unpaired) electrons. The van der Waals surface area contributed by atoms with Crippen molar-refractivity contribution in [2.45, 2.75) is 49.6 Å². The summed E-state index contributed by atoms with van der Waals surface area (Å²) in [5.74, 6) is 3.89. The third-order valence-electron chi connectivity index (χ3n) is 4.73. The highest BCUT2D eigenvalue weighted by Crippen LogP contribution is 2.36. The average molecular weight is 328 g/mol. The van der Waals surface area contributed by atoms with Gasteiger partial charge >= 0.3 is 0 Å². The van der Waals surface area contributed by atoms with Crippen LogP contribution in [0.3, 0.4) is 0 Å². The first kappa shape index (κ1) is 16.4. The fourth-order valence-corrected chi connectivity index (χ4v) is 4.63. The highest BCUT2D eigenvalue weighted by molar-refractivity contribution is 7.99. The Morgan fingerprint density at radius 1 is 1.43 bits per heavy atom. The van der Waals surface area contributed by atoms with Crippen LogP contribution in [0.4, 0.5) is 0 Å². The van der Waals surface area contributed by atoms with Crippen molar-refractivity contribution in [2.75, 3.05) is 18.8 Å². The normalized spacial score (nSPS) is 24.5. The zero-order valence-electron chi connectivity index (χ0n) is 13.7. The van der Waals surface area contributed by atoms with E-state index in [1.807, 2.05) is 11.8 Å². The molecule has 1 fully saturated rings. The fourth-order valence-electron chi connectivity index (χ4n) is 3.53. The first-order valence-electron chi connectivity index (χ1n) is 8.40. The molecule has 122 valence electrons.